The Kier molecular flexibility index (Phi) is 3.34. The molecule has 100 valence electrons. The van der Waals surface area contributed by atoms with Gasteiger partial charge < -0.3 is 25.6 Å². The lowest BCUT2D eigenvalue weighted by Gasteiger charge is -2.07. The molecule has 0 aliphatic heterocycles. The van der Waals surface area contributed by atoms with Crippen LogP contribution < -0.4 is 5.73 Å². The van der Waals surface area contributed by atoms with Gasteiger partial charge in [-0.1, -0.05) is 6.07 Å². The van der Waals surface area contributed by atoms with E-state index in [1.807, 2.05) is 0 Å². The van der Waals surface area contributed by atoms with Gasteiger partial charge in [0.05, 0.1) is 6.04 Å². The Morgan fingerprint density at radius 3 is 2.68 bits per heavy atom. The van der Waals surface area contributed by atoms with Crippen molar-refractivity contribution in [3.05, 3.63) is 35.5 Å². The molecule has 8 nitrogen and oxygen atoms in total. The molecule has 0 radical (unpaired) electrons. The van der Waals surface area contributed by atoms with Crippen LogP contribution in [0.5, 0.6) is 11.5 Å². The normalized spacial score (nSPS) is 12.3. The lowest BCUT2D eigenvalue weighted by Crippen LogP contribution is -2.14. The third-order valence-electron chi connectivity index (χ3n) is 2.45. The fourth-order valence-corrected chi connectivity index (χ4v) is 1.51. The van der Waals surface area contributed by atoms with Crippen molar-refractivity contribution in [2.75, 3.05) is 0 Å². The third-order valence-corrected chi connectivity index (χ3v) is 2.45. The van der Waals surface area contributed by atoms with Gasteiger partial charge in [0.15, 0.2) is 11.5 Å². The highest BCUT2D eigenvalue weighted by Crippen LogP contribution is 2.26. The zero-order chi connectivity index (χ0) is 14.0. The standard InChI is InChI=1S/C11H11N3O5/c12-6(10-13-9(11(17)18)14-19-10)3-5-1-2-7(15)8(16)4-5/h1-2,4,6,15-16H,3,12H2,(H,17,18). The van der Waals surface area contributed by atoms with Crippen LogP contribution in [0.15, 0.2) is 22.7 Å². The summed E-state index contributed by atoms with van der Waals surface area (Å²) in [7, 11) is 0. The Morgan fingerprint density at radius 1 is 1.37 bits per heavy atom. The number of aromatic hydroxyl groups is 2. The molecule has 2 aromatic rings. The second-order valence-electron chi connectivity index (χ2n) is 3.90. The summed E-state index contributed by atoms with van der Waals surface area (Å²) >= 11 is 0. The van der Waals surface area contributed by atoms with Crippen molar-refractivity contribution in [1.82, 2.24) is 10.1 Å². The number of hydrogen-bond donors (Lipinski definition) is 4. The van der Waals surface area contributed by atoms with Crippen molar-refractivity contribution in [2.24, 2.45) is 5.73 Å². The van der Waals surface area contributed by atoms with Crippen LogP contribution in [0.2, 0.25) is 0 Å². The highest BCUT2D eigenvalue weighted by Gasteiger charge is 2.19. The summed E-state index contributed by atoms with van der Waals surface area (Å²) < 4.78 is 4.74. The van der Waals surface area contributed by atoms with Crippen LogP contribution in [0, 0.1) is 0 Å². The molecule has 2 rings (SSSR count). The van der Waals surface area contributed by atoms with Crippen molar-refractivity contribution >= 4 is 5.97 Å². The number of carboxylic acid groups (broad SMARTS) is 1. The lowest BCUT2D eigenvalue weighted by molar-refractivity contribution is 0.0680. The van der Waals surface area contributed by atoms with Crippen molar-refractivity contribution < 1.29 is 24.6 Å². The van der Waals surface area contributed by atoms with Crippen molar-refractivity contribution in [1.29, 1.82) is 0 Å². The Balaban J connectivity index is 2.13. The summed E-state index contributed by atoms with van der Waals surface area (Å²) in [6.07, 6.45) is 0.245. The van der Waals surface area contributed by atoms with Crippen molar-refractivity contribution in [3.8, 4) is 11.5 Å². The molecule has 1 aromatic carbocycles. The van der Waals surface area contributed by atoms with E-state index in [1.165, 1.54) is 12.1 Å². The number of rotatable bonds is 4. The van der Waals surface area contributed by atoms with E-state index in [0.29, 0.717) is 5.56 Å². The van der Waals surface area contributed by atoms with E-state index < -0.39 is 17.8 Å². The average Bonchev–Trinajstić information content (AvgIpc) is 2.83. The summed E-state index contributed by atoms with van der Waals surface area (Å²) in [5.41, 5.74) is 6.43. The van der Waals surface area contributed by atoms with Gasteiger partial charge in [0.25, 0.3) is 5.82 Å². The van der Waals surface area contributed by atoms with E-state index in [2.05, 4.69) is 10.1 Å². The molecule has 5 N–H and O–H groups in total. The molecule has 0 fully saturated rings. The van der Waals surface area contributed by atoms with Gasteiger partial charge in [-0.05, 0) is 29.3 Å². The average molecular weight is 265 g/mol. The molecule has 0 saturated heterocycles. The zero-order valence-corrected chi connectivity index (χ0v) is 9.65. The van der Waals surface area contributed by atoms with E-state index in [0.717, 1.165) is 0 Å². The molecule has 0 spiro atoms. The molecule has 8 heteroatoms. The predicted molar refractivity (Wildman–Crippen MR) is 61.7 cm³/mol. The quantitative estimate of drug-likeness (QED) is 0.582. The maximum absolute atomic E-state index is 10.6. The highest BCUT2D eigenvalue weighted by molar-refractivity contribution is 5.82. The van der Waals surface area contributed by atoms with Gasteiger partial charge in [-0.25, -0.2) is 4.79 Å². The molecule has 0 aliphatic carbocycles. The zero-order valence-electron chi connectivity index (χ0n) is 9.65. The molecule has 0 amide bonds. The fourth-order valence-electron chi connectivity index (χ4n) is 1.51. The largest absolute Gasteiger partial charge is 0.504 e. The fraction of sp³-hybridized carbons (Fsp3) is 0.182. The predicted octanol–water partition coefficient (Wildman–Crippen LogP) is 0.422. The molecule has 19 heavy (non-hydrogen) atoms. The third kappa shape index (κ3) is 2.80. The Morgan fingerprint density at radius 2 is 2.11 bits per heavy atom. The maximum Gasteiger partial charge on any atom is 0.377 e. The second kappa shape index (κ2) is 4.94. The number of carboxylic acids is 1. The van der Waals surface area contributed by atoms with Crippen LogP contribution >= 0.6 is 0 Å². The number of phenolic OH excluding ortho intramolecular Hbond substituents is 2. The summed E-state index contributed by atoms with van der Waals surface area (Å²) in [6.45, 7) is 0. The smallest absolute Gasteiger partial charge is 0.377 e. The van der Waals surface area contributed by atoms with Gasteiger partial charge in [-0.15, -0.1) is 0 Å². The van der Waals surface area contributed by atoms with Gasteiger partial charge in [-0.2, -0.15) is 4.98 Å². The minimum atomic E-state index is -1.30. The van der Waals surface area contributed by atoms with Gasteiger partial charge in [0.2, 0.25) is 5.89 Å². The Labute approximate surface area is 107 Å². The monoisotopic (exact) mass is 265 g/mol. The first kappa shape index (κ1) is 12.8. The van der Waals surface area contributed by atoms with Crippen LogP contribution in [-0.2, 0) is 6.42 Å². The Bertz CT molecular complexity index is 610. The van der Waals surface area contributed by atoms with Gasteiger partial charge >= 0.3 is 5.97 Å². The Hall–Kier alpha value is -2.61. The summed E-state index contributed by atoms with van der Waals surface area (Å²) in [4.78, 5) is 14.2. The SMILES string of the molecule is NC(Cc1ccc(O)c(O)c1)c1nc(C(=O)O)no1. The number of aromatic nitrogens is 2. The molecule has 1 heterocycles. The van der Waals surface area contributed by atoms with Crippen molar-refractivity contribution in [2.45, 2.75) is 12.5 Å². The highest BCUT2D eigenvalue weighted by atomic mass is 16.5. The first-order valence-corrected chi connectivity index (χ1v) is 5.30. The number of phenols is 2. The summed E-state index contributed by atoms with van der Waals surface area (Å²) in [5.74, 6) is -2.27. The van der Waals surface area contributed by atoms with Gasteiger partial charge in [0.1, 0.15) is 0 Å². The van der Waals surface area contributed by atoms with Gasteiger partial charge in [0, 0.05) is 0 Å². The maximum atomic E-state index is 10.6. The van der Waals surface area contributed by atoms with E-state index in [1.54, 1.807) is 6.07 Å². The molecule has 0 bridgehead atoms. The first-order valence-electron chi connectivity index (χ1n) is 5.30. The van der Waals surface area contributed by atoms with E-state index in [4.69, 9.17) is 15.4 Å². The topological polar surface area (TPSA) is 143 Å². The molecule has 1 unspecified atom stereocenters. The van der Waals surface area contributed by atoms with Gasteiger partial charge in [-0.3, -0.25) is 0 Å². The number of benzene rings is 1. The minimum absolute atomic E-state index is 0.00929. The van der Waals surface area contributed by atoms with Crippen LogP contribution in [-0.4, -0.2) is 31.4 Å². The van der Waals surface area contributed by atoms with Crippen LogP contribution in [0.25, 0.3) is 0 Å². The molecular weight excluding hydrogens is 254 g/mol. The summed E-state index contributed by atoms with van der Waals surface area (Å²) in [5, 5.41) is 30.4. The van der Waals surface area contributed by atoms with Crippen LogP contribution in [0.1, 0.15) is 28.1 Å². The lowest BCUT2D eigenvalue weighted by atomic mass is 10.1. The molecule has 0 saturated carbocycles. The molecule has 0 aliphatic rings. The van der Waals surface area contributed by atoms with E-state index >= 15 is 0 Å². The first-order chi connectivity index (χ1) is 8.97. The molecule has 1 atom stereocenters. The summed E-state index contributed by atoms with van der Waals surface area (Å²) in [6, 6.07) is 3.55. The van der Waals surface area contributed by atoms with E-state index in [-0.39, 0.29) is 23.8 Å². The molecular formula is C11H11N3O5. The second-order valence-corrected chi connectivity index (χ2v) is 3.90. The number of nitrogens with two attached hydrogens (primary N) is 1. The number of hydrogen-bond acceptors (Lipinski definition) is 7. The van der Waals surface area contributed by atoms with Crippen LogP contribution in [0.4, 0.5) is 0 Å². The number of nitrogens with zero attached hydrogens (tertiary/aromatic N) is 2. The van der Waals surface area contributed by atoms with E-state index in [9.17, 15) is 15.0 Å². The molecule has 1 aromatic heterocycles. The number of carbonyl (C=O) groups is 1. The minimum Gasteiger partial charge on any atom is -0.504 e. The van der Waals surface area contributed by atoms with Crippen LogP contribution in [0.3, 0.4) is 0 Å². The number of aromatic carboxylic acids is 1. The van der Waals surface area contributed by atoms with Crippen molar-refractivity contribution in [3.63, 3.8) is 0 Å².